The van der Waals surface area contributed by atoms with Gasteiger partial charge in [0.2, 0.25) is 0 Å². The third kappa shape index (κ3) is 5.77. The number of halogens is 1. The Morgan fingerprint density at radius 2 is 1.38 bits per heavy atom. The Balaban J connectivity index is 1.49. The molecule has 2 aromatic heterocycles. The van der Waals surface area contributed by atoms with Gasteiger partial charge in [-0.1, -0.05) is 146 Å². The molecule has 0 N–H and O–H groups in total. The van der Waals surface area contributed by atoms with Crippen LogP contribution in [0.5, 0.6) is 0 Å². The Morgan fingerprint density at radius 1 is 0.723 bits per heavy atom. The third-order valence-electron chi connectivity index (χ3n) is 8.78. The fourth-order valence-corrected chi connectivity index (χ4v) is 6.80. The van der Waals surface area contributed by atoms with E-state index < -0.39 is 5.54 Å². The number of aryl methyl sites for hydroxylation is 1. The number of benzene rings is 5. The first-order valence-electron chi connectivity index (χ1n) is 16.0. The van der Waals surface area contributed by atoms with Crippen LogP contribution in [0, 0.1) is 0 Å². The minimum absolute atomic E-state index is 0.624. The summed E-state index contributed by atoms with van der Waals surface area (Å²) in [6.07, 6.45) is 7.17. The van der Waals surface area contributed by atoms with Gasteiger partial charge in [0.15, 0.2) is 5.82 Å². The second-order valence-electron chi connectivity index (χ2n) is 11.7. The first-order valence-corrected chi connectivity index (χ1v) is 16.4. The van der Waals surface area contributed by atoms with Crippen molar-refractivity contribution in [3.05, 3.63) is 179 Å². The van der Waals surface area contributed by atoms with E-state index >= 15 is 0 Å². The van der Waals surface area contributed by atoms with Crippen LogP contribution in [-0.2, 0) is 18.5 Å². The summed E-state index contributed by atoms with van der Waals surface area (Å²) in [6.45, 7) is 2.91. The van der Waals surface area contributed by atoms with Gasteiger partial charge in [0.05, 0.1) is 6.33 Å². The second kappa shape index (κ2) is 13.6. The van der Waals surface area contributed by atoms with Crippen LogP contribution in [0.15, 0.2) is 146 Å². The number of unbranched alkanes of at least 4 members (excludes halogenated alkanes) is 1. The van der Waals surface area contributed by atoms with Gasteiger partial charge < -0.3 is 4.57 Å². The Kier molecular flexibility index (Phi) is 8.76. The van der Waals surface area contributed by atoms with Crippen LogP contribution in [0.3, 0.4) is 0 Å². The molecule has 0 atom stereocenters. The molecule has 2 heterocycles. The molecule has 0 aliphatic rings. The maximum absolute atomic E-state index is 7.12. The molecule has 0 aliphatic carbocycles. The average Bonchev–Trinajstić information content (AvgIpc) is 3.80. The molecule has 0 amide bonds. The van der Waals surface area contributed by atoms with Gasteiger partial charge in [0.25, 0.3) is 0 Å². The molecule has 7 heteroatoms. The fraction of sp³-hybridized carbons (Fsp3) is 0.150. The van der Waals surface area contributed by atoms with Crippen molar-refractivity contribution in [3.8, 4) is 22.5 Å². The van der Waals surface area contributed by atoms with Crippen LogP contribution in [0.25, 0.3) is 22.5 Å². The molecule has 232 valence electrons. The Bertz CT molecular complexity index is 2030. The van der Waals surface area contributed by atoms with Crippen molar-refractivity contribution in [2.24, 2.45) is 0 Å². The van der Waals surface area contributed by atoms with Crippen LogP contribution in [0.1, 0.15) is 47.7 Å². The van der Waals surface area contributed by atoms with Crippen molar-refractivity contribution in [1.82, 2.24) is 29.8 Å². The first kappa shape index (κ1) is 30.3. The zero-order chi connectivity index (χ0) is 32.1. The van der Waals surface area contributed by atoms with Gasteiger partial charge in [-0.2, -0.15) is 0 Å². The fourth-order valence-electron chi connectivity index (χ4n) is 6.53. The molecule has 0 fully saturated rings. The van der Waals surface area contributed by atoms with E-state index in [4.69, 9.17) is 21.9 Å². The zero-order valence-corrected chi connectivity index (χ0v) is 27.0. The van der Waals surface area contributed by atoms with Gasteiger partial charge in [0, 0.05) is 34.6 Å². The lowest BCUT2D eigenvalue weighted by Crippen LogP contribution is -2.39. The lowest BCUT2D eigenvalue weighted by molar-refractivity contribution is 0.451. The maximum atomic E-state index is 7.12. The molecule has 47 heavy (non-hydrogen) atoms. The highest BCUT2D eigenvalue weighted by Gasteiger charge is 2.43. The highest BCUT2D eigenvalue weighted by Crippen LogP contribution is 2.45. The smallest absolute Gasteiger partial charge is 0.184 e. The molecule has 0 bridgehead atoms. The van der Waals surface area contributed by atoms with Gasteiger partial charge in [-0.05, 0) is 63.2 Å². The molecule has 5 aromatic carbocycles. The van der Waals surface area contributed by atoms with Crippen molar-refractivity contribution in [2.75, 3.05) is 0 Å². The van der Waals surface area contributed by atoms with Gasteiger partial charge in [0.1, 0.15) is 5.54 Å². The second-order valence-corrected chi connectivity index (χ2v) is 12.1. The maximum Gasteiger partial charge on any atom is 0.184 e. The highest BCUT2D eigenvalue weighted by atomic mass is 35.5. The molecule has 0 saturated carbocycles. The normalized spacial score (nSPS) is 11.5. The van der Waals surface area contributed by atoms with Crippen molar-refractivity contribution in [3.63, 3.8) is 0 Å². The molecule has 0 radical (unpaired) electrons. The molecule has 0 spiro atoms. The van der Waals surface area contributed by atoms with E-state index in [-0.39, 0.29) is 0 Å². The van der Waals surface area contributed by atoms with Crippen molar-refractivity contribution < 1.29 is 0 Å². The monoisotopic (exact) mass is 634 g/mol. The average molecular weight is 635 g/mol. The van der Waals surface area contributed by atoms with Crippen LogP contribution in [-0.4, -0.2) is 29.8 Å². The summed E-state index contributed by atoms with van der Waals surface area (Å²) in [5, 5.41) is 14.6. The summed E-state index contributed by atoms with van der Waals surface area (Å²) in [5.74, 6) is 0.634. The van der Waals surface area contributed by atoms with Gasteiger partial charge in [-0.3, -0.25) is 0 Å². The van der Waals surface area contributed by atoms with Crippen LogP contribution >= 0.6 is 11.6 Å². The molecule has 0 aliphatic heterocycles. The summed E-state index contributed by atoms with van der Waals surface area (Å²) in [7, 11) is 0. The largest absolute Gasteiger partial charge is 0.330 e. The Hall–Kier alpha value is -5.33. The number of hydrogen-bond acceptors (Lipinski definition) is 4. The van der Waals surface area contributed by atoms with Crippen LogP contribution < -0.4 is 0 Å². The lowest BCUT2D eigenvalue weighted by Gasteiger charge is -2.37. The van der Waals surface area contributed by atoms with E-state index in [9.17, 15) is 0 Å². The number of aromatic nitrogens is 6. The summed E-state index contributed by atoms with van der Waals surface area (Å²) in [5.41, 5.74) is 7.29. The summed E-state index contributed by atoms with van der Waals surface area (Å²) >= 11 is 7.12. The lowest BCUT2D eigenvalue weighted by atomic mass is 9.76. The van der Waals surface area contributed by atoms with Crippen molar-refractivity contribution in [1.29, 1.82) is 0 Å². The zero-order valence-electron chi connectivity index (χ0n) is 26.2. The number of imidazole rings is 1. The van der Waals surface area contributed by atoms with E-state index in [2.05, 4.69) is 94.5 Å². The SMILES string of the molecule is CCCCc1cncn1Cc1ccc(-c2ccccc2)c(-c2nnnn2C(c2ccccc2)(c2ccccc2)c2ccccc2Cl)c1. The summed E-state index contributed by atoms with van der Waals surface area (Å²) < 4.78 is 4.19. The molecular formula is C40H35ClN6. The molecular weight excluding hydrogens is 600 g/mol. The van der Waals surface area contributed by atoms with Gasteiger partial charge in [-0.25, -0.2) is 9.67 Å². The number of nitrogens with zero attached hydrogens (tertiary/aromatic N) is 6. The molecule has 0 unspecified atom stereocenters. The molecule has 7 aromatic rings. The van der Waals surface area contributed by atoms with E-state index in [1.54, 1.807) is 0 Å². The molecule has 6 nitrogen and oxygen atoms in total. The van der Waals surface area contributed by atoms with E-state index in [1.165, 1.54) is 5.69 Å². The standard InChI is InChI=1S/C40H35ClN6/c1-2-3-21-34-27-42-29-46(34)28-30-24-25-35(31-15-7-4-8-16-31)36(26-30)39-43-44-45-47(39)40(32-17-9-5-10-18-32,33-19-11-6-12-20-33)37-22-13-14-23-38(37)41/h4-20,22-27,29H,2-3,21,28H2,1H3. The summed E-state index contributed by atoms with van der Waals surface area (Å²) in [4.78, 5) is 4.48. The molecule has 0 saturated heterocycles. The van der Waals surface area contributed by atoms with Crippen LogP contribution in [0.2, 0.25) is 5.02 Å². The van der Waals surface area contributed by atoms with E-state index in [1.807, 2.05) is 77.9 Å². The van der Waals surface area contributed by atoms with E-state index in [0.29, 0.717) is 17.4 Å². The van der Waals surface area contributed by atoms with Gasteiger partial charge >= 0.3 is 0 Å². The quantitative estimate of drug-likeness (QED) is 0.133. The van der Waals surface area contributed by atoms with Crippen molar-refractivity contribution >= 4 is 11.6 Å². The predicted molar refractivity (Wildman–Crippen MR) is 188 cm³/mol. The minimum Gasteiger partial charge on any atom is -0.330 e. The Morgan fingerprint density at radius 3 is 2.06 bits per heavy atom. The number of hydrogen-bond donors (Lipinski definition) is 0. The number of tetrazole rings is 1. The summed E-state index contributed by atoms with van der Waals surface area (Å²) in [6, 6.07) is 45.7. The first-order chi connectivity index (χ1) is 23.2. The van der Waals surface area contributed by atoms with E-state index in [0.717, 1.165) is 58.2 Å². The minimum atomic E-state index is -0.985. The molecule has 7 rings (SSSR count). The third-order valence-corrected chi connectivity index (χ3v) is 9.11. The predicted octanol–water partition coefficient (Wildman–Crippen LogP) is 9.09. The Labute approximate surface area is 280 Å². The topological polar surface area (TPSA) is 61.4 Å². The number of rotatable bonds is 11. The van der Waals surface area contributed by atoms with Crippen LogP contribution in [0.4, 0.5) is 0 Å². The van der Waals surface area contributed by atoms with Crippen molar-refractivity contribution in [2.45, 2.75) is 38.3 Å². The highest BCUT2D eigenvalue weighted by molar-refractivity contribution is 6.31. The van der Waals surface area contributed by atoms with Gasteiger partial charge in [-0.15, -0.1) is 5.10 Å².